The lowest BCUT2D eigenvalue weighted by molar-refractivity contribution is -0.133. The minimum atomic E-state index is -0.374. The smallest absolute Gasteiger partial charge is 0.240 e. The van der Waals surface area contributed by atoms with Gasteiger partial charge in [0.1, 0.15) is 0 Å². The Morgan fingerprint density at radius 2 is 2.13 bits per heavy atom. The first-order chi connectivity index (χ1) is 7.08. The average Bonchev–Trinajstić information content (AvgIpc) is 2.25. The Bertz CT molecular complexity index is 204. The molecule has 2 unspecified atom stereocenters. The molecular formula is C12H24N2O. The molecule has 3 heteroatoms. The SMILES string of the molecule is C=CCN(CCC)C(=O)C(N)C(C)CC. The van der Waals surface area contributed by atoms with Crippen LogP contribution in [-0.4, -0.2) is 29.9 Å². The molecule has 0 aromatic heterocycles. The maximum absolute atomic E-state index is 12.0. The molecule has 0 radical (unpaired) electrons. The molecule has 1 amide bonds. The lowest BCUT2D eigenvalue weighted by Gasteiger charge is -2.26. The average molecular weight is 212 g/mol. The molecule has 2 atom stereocenters. The van der Waals surface area contributed by atoms with Crippen molar-refractivity contribution in [2.45, 2.75) is 39.7 Å². The van der Waals surface area contributed by atoms with E-state index < -0.39 is 0 Å². The second-order valence-corrected chi connectivity index (χ2v) is 3.98. The van der Waals surface area contributed by atoms with E-state index in [0.29, 0.717) is 6.54 Å². The zero-order chi connectivity index (χ0) is 11.8. The van der Waals surface area contributed by atoms with Gasteiger partial charge < -0.3 is 10.6 Å². The highest BCUT2D eigenvalue weighted by molar-refractivity contribution is 5.82. The molecular weight excluding hydrogens is 188 g/mol. The van der Waals surface area contributed by atoms with Crippen molar-refractivity contribution in [1.29, 1.82) is 0 Å². The summed E-state index contributed by atoms with van der Waals surface area (Å²) in [6, 6.07) is -0.374. The molecule has 0 spiro atoms. The van der Waals surface area contributed by atoms with Gasteiger partial charge in [0.25, 0.3) is 0 Å². The predicted molar refractivity (Wildman–Crippen MR) is 64.5 cm³/mol. The van der Waals surface area contributed by atoms with Crippen molar-refractivity contribution in [3.8, 4) is 0 Å². The van der Waals surface area contributed by atoms with Crippen LogP contribution in [0.25, 0.3) is 0 Å². The maximum atomic E-state index is 12.0. The molecule has 0 aromatic rings. The zero-order valence-corrected chi connectivity index (χ0v) is 10.2. The van der Waals surface area contributed by atoms with E-state index in [1.165, 1.54) is 0 Å². The van der Waals surface area contributed by atoms with Crippen LogP contribution in [0.4, 0.5) is 0 Å². The Morgan fingerprint density at radius 1 is 1.53 bits per heavy atom. The number of nitrogens with zero attached hydrogens (tertiary/aromatic N) is 1. The molecule has 0 aromatic carbocycles. The predicted octanol–water partition coefficient (Wildman–Crippen LogP) is 1.78. The quantitative estimate of drug-likeness (QED) is 0.654. The molecule has 0 saturated heterocycles. The van der Waals surface area contributed by atoms with E-state index in [2.05, 4.69) is 20.4 Å². The number of rotatable bonds is 7. The van der Waals surface area contributed by atoms with Gasteiger partial charge in [-0.15, -0.1) is 6.58 Å². The van der Waals surface area contributed by atoms with Crippen molar-refractivity contribution in [3.63, 3.8) is 0 Å². The second kappa shape index (κ2) is 7.46. The normalized spacial score (nSPS) is 14.4. The number of carbonyl (C=O) groups is 1. The third-order valence-corrected chi connectivity index (χ3v) is 2.70. The van der Waals surface area contributed by atoms with Gasteiger partial charge in [-0.25, -0.2) is 0 Å². The van der Waals surface area contributed by atoms with Gasteiger partial charge in [-0.1, -0.05) is 33.3 Å². The van der Waals surface area contributed by atoms with Crippen molar-refractivity contribution in [2.75, 3.05) is 13.1 Å². The van der Waals surface area contributed by atoms with E-state index in [9.17, 15) is 4.79 Å². The molecule has 0 aliphatic carbocycles. The van der Waals surface area contributed by atoms with Gasteiger partial charge in [0.2, 0.25) is 5.91 Å². The van der Waals surface area contributed by atoms with Gasteiger partial charge in [-0.2, -0.15) is 0 Å². The van der Waals surface area contributed by atoms with Crippen molar-refractivity contribution in [3.05, 3.63) is 12.7 Å². The van der Waals surface area contributed by atoms with E-state index >= 15 is 0 Å². The van der Waals surface area contributed by atoms with Crippen LogP contribution in [0, 0.1) is 5.92 Å². The molecule has 3 nitrogen and oxygen atoms in total. The summed E-state index contributed by atoms with van der Waals surface area (Å²) in [5.74, 6) is 0.285. The summed E-state index contributed by atoms with van der Waals surface area (Å²) in [6.45, 7) is 11.1. The molecule has 0 rings (SSSR count). The van der Waals surface area contributed by atoms with Crippen LogP contribution in [0.15, 0.2) is 12.7 Å². The number of nitrogens with two attached hydrogens (primary N) is 1. The maximum Gasteiger partial charge on any atom is 0.240 e. The van der Waals surface area contributed by atoms with Gasteiger partial charge in [0.05, 0.1) is 6.04 Å². The fourth-order valence-electron chi connectivity index (χ4n) is 1.43. The molecule has 2 N–H and O–H groups in total. The summed E-state index contributed by atoms with van der Waals surface area (Å²) < 4.78 is 0. The highest BCUT2D eigenvalue weighted by Crippen LogP contribution is 2.08. The van der Waals surface area contributed by atoms with Gasteiger partial charge in [-0.3, -0.25) is 4.79 Å². The van der Waals surface area contributed by atoms with Crippen LogP contribution >= 0.6 is 0 Å². The van der Waals surface area contributed by atoms with Crippen LogP contribution in [0.5, 0.6) is 0 Å². The standard InChI is InChI=1S/C12H24N2O/c1-5-8-14(9-6-2)12(15)11(13)10(4)7-3/h5,10-11H,1,6-9,13H2,2-4H3. The summed E-state index contributed by atoms with van der Waals surface area (Å²) in [5, 5.41) is 0. The molecule has 0 bridgehead atoms. The molecule has 0 aliphatic rings. The lowest BCUT2D eigenvalue weighted by atomic mass is 9.99. The van der Waals surface area contributed by atoms with E-state index in [-0.39, 0.29) is 17.9 Å². The minimum Gasteiger partial charge on any atom is -0.338 e. The van der Waals surface area contributed by atoms with Crippen LogP contribution in [-0.2, 0) is 4.79 Å². The summed E-state index contributed by atoms with van der Waals surface area (Å²) in [5.41, 5.74) is 5.91. The third-order valence-electron chi connectivity index (χ3n) is 2.70. The second-order valence-electron chi connectivity index (χ2n) is 3.98. The molecule has 0 heterocycles. The van der Waals surface area contributed by atoms with Crippen LogP contribution in [0.3, 0.4) is 0 Å². The van der Waals surface area contributed by atoms with Crippen molar-refractivity contribution >= 4 is 5.91 Å². The first-order valence-corrected chi connectivity index (χ1v) is 5.73. The van der Waals surface area contributed by atoms with Gasteiger partial charge in [0.15, 0.2) is 0 Å². The summed E-state index contributed by atoms with van der Waals surface area (Å²) >= 11 is 0. The summed E-state index contributed by atoms with van der Waals surface area (Å²) in [6.07, 6.45) is 3.63. The van der Waals surface area contributed by atoms with E-state index in [1.807, 2.05) is 6.92 Å². The first-order valence-electron chi connectivity index (χ1n) is 5.73. The van der Waals surface area contributed by atoms with Gasteiger partial charge in [0, 0.05) is 13.1 Å². The van der Waals surface area contributed by atoms with Crippen molar-refractivity contribution in [2.24, 2.45) is 11.7 Å². The summed E-state index contributed by atoms with van der Waals surface area (Å²) in [7, 11) is 0. The Balaban J connectivity index is 4.40. The van der Waals surface area contributed by atoms with Crippen molar-refractivity contribution in [1.82, 2.24) is 4.90 Å². The van der Waals surface area contributed by atoms with E-state index in [1.54, 1.807) is 11.0 Å². The fourth-order valence-corrected chi connectivity index (χ4v) is 1.43. The third kappa shape index (κ3) is 4.47. The van der Waals surface area contributed by atoms with Crippen LogP contribution in [0.2, 0.25) is 0 Å². The van der Waals surface area contributed by atoms with E-state index in [4.69, 9.17) is 5.73 Å². The van der Waals surface area contributed by atoms with Gasteiger partial charge >= 0.3 is 0 Å². The molecule has 0 aliphatic heterocycles. The number of amides is 1. The van der Waals surface area contributed by atoms with Crippen LogP contribution in [0.1, 0.15) is 33.6 Å². The van der Waals surface area contributed by atoms with E-state index in [0.717, 1.165) is 19.4 Å². The Kier molecular flexibility index (Phi) is 7.05. The lowest BCUT2D eigenvalue weighted by Crippen LogP contribution is -2.47. The molecule has 0 fully saturated rings. The number of hydrogen-bond acceptors (Lipinski definition) is 2. The molecule has 15 heavy (non-hydrogen) atoms. The van der Waals surface area contributed by atoms with Crippen LogP contribution < -0.4 is 5.73 Å². The molecule has 88 valence electrons. The largest absolute Gasteiger partial charge is 0.338 e. The Hall–Kier alpha value is -0.830. The number of hydrogen-bond donors (Lipinski definition) is 1. The zero-order valence-electron chi connectivity index (χ0n) is 10.2. The monoisotopic (exact) mass is 212 g/mol. The Labute approximate surface area is 93.3 Å². The molecule has 0 saturated carbocycles. The van der Waals surface area contributed by atoms with Crippen molar-refractivity contribution < 1.29 is 4.79 Å². The highest BCUT2D eigenvalue weighted by Gasteiger charge is 2.23. The highest BCUT2D eigenvalue weighted by atomic mass is 16.2. The number of carbonyl (C=O) groups excluding carboxylic acids is 1. The first kappa shape index (κ1) is 14.2. The fraction of sp³-hybridized carbons (Fsp3) is 0.750. The van der Waals surface area contributed by atoms with Gasteiger partial charge in [-0.05, 0) is 12.3 Å². The Morgan fingerprint density at radius 3 is 2.53 bits per heavy atom. The summed E-state index contributed by atoms with van der Waals surface area (Å²) in [4.78, 5) is 13.8. The minimum absolute atomic E-state index is 0.0473. The topological polar surface area (TPSA) is 46.3 Å².